The molecule has 0 atom stereocenters. The summed E-state index contributed by atoms with van der Waals surface area (Å²) in [6.45, 7) is 2.53. The van der Waals surface area contributed by atoms with Crippen LogP contribution in [0, 0.1) is 6.92 Å². The van der Waals surface area contributed by atoms with Crippen LogP contribution in [0.15, 0.2) is 6.20 Å². The number of alkyl halides is 1. The molecular formula is C7H12Cl2N2O. The number of aromatic nitrogens is 2. The number of nitrogens with one attached hydrogen (secondary N) is 1. The van der Waals surface area contributed by atoms with Crippen molar-refractivity contribution in [2.45, 2.75) is 13.3 Å². The summed E-state index contributed by atoms with van der Waals surface area (Å²) in [6, 6.07) is 0. The average Bonchev–Trinajstić information content (AvgIpc) is 2.37. The number of rotatable bonds is 4. The zero-order valence-electron chi connectivity index (χ0n) is 6.84. The van der Waals surface area contributed by atoms with Crippen LogP contribution in [0.25, 0.3) is 0 Å². The largest absolute Gasteiger partial charge is 0.478 e. The third-order valence-corrected chi connectivity index (χ3v) is 1.48. The third kappa shape index (κ3) is 3.83. The van der Waals surface area contributed by atoms with Crippen molar-refractivity contribution in [2.24, 2.45) is 0 Å². The SMILES string of the molecule is Cc1ncc(OCCCCl)[nH]1.Cl. The number of hydrogen-bond acceptors (Lipinski definition) is 2. The van der Waals surface area contributed by atoms with Gasteiger partial charge >= 0.3 is 0 Å². The van der Waals surface area contributed by atoms with Gasteiger partial charge in [-0.15, -0.1) is 24.0 Å². The highest BCUT2D eigenvalue weighted by Crippen LogP contribution is 2.05. The standard InChI is InChI=1S/C7H11ClN2O.ClH/c1-6-9-5-7(10-6)11-4-2-3-8;/h5H,2-4H2,1H3,(H,9,10);1H. The van der Waals surface area contributed by atoms with Gasteiger partial charge in [-0.3, -0.25) is 0 Å². The maximum Gasteiger partial charge on any atom is 0.211 e. The average molecular weight is 211 g/mol. The summed E-state index contributed by atoms with van der Waals surface area (Å²) < 4.78 is 5.26. The second-order valence-corrected chi connectivity index (χ2v) is 2.60. The van der Waals surface area contributed by atoms with Crippen LogP contribution in [0.2, 0.25) is 0 Å². The molecule has 1 rings (SSSR count). The Labute approximate surface area is 82.9 Å². The first-order valence-corrected chi connectivity index (χ1v) is 4.07. The minimum Gasteiger partial charge on any atom is -0.478 e. The van der Waals surface area contributed by atoms with Gasteiger partial charge in [0.2, 0.25) is 5.88 Å². The molecular weight excluding hydrogens is 199 g/mol. The highest BCUT2D eigenvalue weighted by atomic mass is 35.5. The zero-order valence-corrected chi connectivity index (χ0v) is 8.41. The number of aryl methyl sites for hydroxylation is 1. The van der Waals surface area contributed by atoms with Gasteiger partial charge in [0.25, 0.3) is 0 Å². The molecule has 0 spiro atoms. The predicted octanol–water partition coefficient (Wildman–Crippen LogP) is 2.15. The third-order valence-electron chi connectivity index (χ3n) is 1.22. The Kier molecular flexibility index (Phi) is 5.93. The zero-order chi connectivity index (χ0) is 8.10. The van der Waals surface area contributed by atoms with Gasteiger partial charge in [0.1, 0.15) is 5.82 Å². The molecule has 12 heavy (non-hydrogen) atoms. The quantitative estimate of drug-likeness (QED) is 0.612. The van der Waals surface area contributed by atoms with E-state index < -0.39 is 0 Å². The molecule has 0 saturated heterocycles. The van der Waals surface area contributed by atoms with Crippen LogP contribution >= 0.6 is 24.0 Å². The number of imidazole rings is 1. The van der Waals surface area contributed by atoms with Crippen LogP contribution in [0.1, 0.15) is 12.2 Å². The second-order valence-electron chi connectivity index (χ2n) is 2.22. The fraction of sp³-hybridized carbons (Fsp3) is 0.571. The Morgan fingerprint density at radius 2 is 2.42 bits per heavy atom. The van der Waals surface area contributed by atoms with Gasteiger partial charge in [-0.25, -0.2) is 4.98 Å². The smallest absolute Gasteiger partial charge is 0.211 e. The minimum absolute atomic E-state index is 0. The lowest BCUT2D eigenvalue weighted by atomic mass is 10.5. The summed E-state index contributed by atoms with van der Waals surface area (Å²) in [5.74, 6) is 2.21. The van der Waals surface area contributed by atoms with Crippen molar-refractivity contribution in [2.75, 3.05) is 12.5 Å². The normalized spacial score (nSPS) is 9.17. The van der Waals surface area contributed by atoms with Gasteiger partial charge in [-0.05, 0) is 13.3 Å². The van der Waals surface area contributed by atoms with Gasteiger partial charge in [-0.1, -0.05) is 0 Å². The molecule has 0 aliphatic heterocycles. The molecule has 0 amide bonds. The number of H-pyrrole nitrogens is 1. The van der Waals surface area contributed by atoms with E-state index in [4.69, 9.17) is 16.3 Å². The van der Waals surface area contributed by atoms with E-state index in [1.807, 2.05) is 6.92 Å². The molecule has 1 aromatic rings. The summed E-state index contributed by atoms with van der Waals surface area (Å²) in [5, 5.41) is 0. The van der Waals surface area contributed by atoms with E-state index in [1.54, 1.807) is 6.20 Å². The van der Waals surface area contributed by atoms with Crippen LogP contribution in [0.3, 0.4) is 0 Å². The molecule has 1 aromatic heterocycles. The van der Waals surface area contributed by atoms with Crippen molar-refractivity contribution < 1.29 is 4.74 Å². The fourth-order valence-electron chi connectivity index (χ4n) is 0.708. The lowest BCUT2D eigenvalue weighted by Crippen LogP contribution is -1.97. The van der Waals surface area contributed by atoms with Gasteiger partial charge in [0, 0.05) is 5.88 Å². The van der Waals surface area contributed by atoms with E-state index in [2.05, 4.69) is 9.97 Å². The number of hydrogen-bond donors (Lipinski definition) is 1. The molecule has 0 aromatic carbocycles. The van der Waals surface area contributed by atoms with Gasteiger partial charge in [-0.2, -0.15) is 0 Å². The van der Waals surface area contributed by atoms with Gasteiger partial charge < -0.3 is 9.72 Å². The molecule has 0 fully saturated rings. The summed E-state index contributed by atoms with van der Waals surface area (Å²) in [6.07, 6.45) is 2.53. The lowest BCUT2D eigenvalue weighted by molar-refractivity contribution is 0.307. The molecule has 1 heterocycles. The maximum atomic E-state index is 5.47. The van der Waals surface area contributed by atoms with E-state index in [0.29, 0.717) is 18.4 Å². The van der Waals surface area contributed by atoms with E-state index >= 15 is 0 Å². The number of ether oxygens (including phenoxy) is 1. The molecule has 0 radical (unpaired) electrons. The first-order chi connectivity index (χ1) is 5.33. The molecule has 1 N–H and O–H groups in total. The summed E-state index contributed by atoms with van der Waals surface area (Å²) in [4.78, 5) is 6.94. The highest BCUT2D eigenvalue weighted by Gasteiger charge is 1.95. The van der Waals surface area contributed by atoms with Crippen LogP contribution < -0.4 is 4.74 Å². The van der Waals surface area contributed by atoms with Crippen molar-refractivity contribution in [3.8, 4) is 5.88 Å². The number of nitrogens with zero attached hydrogens (tertiary/aromatic N) is 1. The Morgan fingerprint density at radius 1 is 1.67 bits per heavy atom. The molecule has 0 aliphatic rings. The van der Waals surface area contributed by atoms with E-state index in [1.165, 1.54) is 0 Å². The van der Waals surface area contributed by atoms with Crippen molar-refractivity contribution in [3.63, 3.8) is 0 Å². The molecule has 0 saturated carbocycles. The summed E-state index contributed by atoms with van der Waals surface area (Å²) in [5.41, 5.74) is 0. The van der Waals surface area contributed by atoms with Gasteiger partial charge in [0.15, 0.2) is 0 Å². The minimum atomic E-state index is 0. The highest BCUT2D eigenvalue weighted by molar-refractivity contribution is 6.17. The summed E-state index contributed by atoms with van der Waals surface area (Å²) in [7, 11) is 0. The van der Waals surface area contributed by atoms with E-state index in [9.17, 15) is 0 Å². The Bertz CT molecular complexity index is 215. The van der Waals surface area contributed by atoms with E-state index in [0.717, 1.165) is 12.2 Å². The van der Waals surface area contributed by atoms with Crippen LogP contribution in [0.4, 0.5) is 0 Å². The predicted molar refractivity (Wildman–Crippen MR) is 51.4 cm³/mol. The Morgan fingerprint density at radius 3 is 2.92 bits per heavy atom. The van der Waals surface area contributed by atoms with Crippen LogP contribution in [-0.2, 0) is 0 Å². The molecule has 70 valence electrons. The molecule has 3 nitrogen and oxygen atoms in total. The van der Waals surface area contributed by atoms with Crippen molar-refractivity contribution in [1.29, 1.82) is 0 Å². The maximum absolute atomic E-state index is 5.47. The summed E-state index contributed by atoms with van der Waals surface area (Å²) >= 11 is 5.47. The molecule has 5 heteroatoms. The number of aromatic amines is 1. The van der Waals surface area contributed by atoms with Crippen molar-refractivity contribution >= 4 is 24.0 Å². The monoisotopic (exact) mass is 210 g/mol. The second kappa shape index (κ2) is 6.14. The van der Waals surface area contributed by atoms with Crippen molar-refractivity contribution in [1.82, 2.24) is 9.97 Å². The first kappa shape index (κ1) is 11.6. The lowest BCUT2D eigenvalue weighted by Gasteiger charge is -1.99. The van der Waals surface area contributed by atoms with E-state index in [-0.39, 0.29) is 12.4 Å². The van der Waals surface area contributed by atoms with Gasteiger partial charge in [0.05, 0.1) is 12.8 Å². The van der Waals surface area contributed by atoms with Crippen LogP contribution in [-0.4, -0.2) is 22.5 Å². The first-order valence-electron chi connectivity index (χ1n) is 3.53. The Hall–Kier alpha value is -0.410. The number of halogens is 2. The van der Waals surface area contributed by atoms with Crippen molar-refractivity contribution in [3.05, 3.63) is 12.0 Å². The Balaban J connectivity index is 0.00000121. The molecule has 0 aliphatic carbocycles. The fourth-order valence-corrected chi connectivity index (χ4v) is 0.817. The topological polar surface area (TPSA) is 37.9 Å². The molecule has 0 unspecified atom stereocenters. The van der Waals surface area contributed by atoms with Crippen LogP contribution in [0.5, 0.6) is 5.88 Å². The molecule has 0 bridgehead atoms.